The summed E-state index contributed by atoms with van der Waals surface area (Å²) in [5.74, 6) is 1.07. The van der Waals surface area contributed by atoms with Gasteiger partial charge in [-0.1, -0.05) is 63.6 Å². The van der Waals surface area contributed by atoms with E-state index in [1.165, 1.54) is 50.5 Å². The van der Waals surface area contributed by atoms with Crippen molar-refractivity contribution < 1.29 is 4.74 Å². The third kappa shape index (κ3) is 6.09. The van der Waals surface area contributed by atoms with Crippen LogP contribution in [0, 0.1) is 0 Å². The molecule has 0 radical (unpaired) electrons. The molecule has 0 unspecified atom stereocenters. The molecule has 0 aliphatic heterocycles. The molecular weight excluding hydrogens is 220 g/mol. The first-order chi connectivity index (χ1) is 8.88. The Labute approximate surface area is 113 Å². The van der Waals surface area contributed by atoms with E-state index in [2.05, 4.69) is 31.2 Å². The van der Waals surface area contributed by atoms with Crippen LogP contribution in [-0.2, 0) is 6.42 Å². The van der Waals surface area contributed by atoms with E-state index < -0.39 is 0 Å². The average molecular weight is 248 g/mol. The van der Waals surface area contributed by atoms with Gasteiger partial charge < -0.3 is 4.74 Å². The Kier molecular flexibility index (Phi) is 8.37. The van der Waals surface area contributed by atoms with Crippen LogP contribution in [0.5, 0.6) is 5.75 Å². The highest BCUT2D eigenvalue weighted by atomic mass is 16.5. The second kappa shape index (κ2) is 9.99. The van der Waals surface area contributed by atoms with E-state index in [4.69, 9.17) is 4.74 Å². The van der Waals surface area contributed by atoms with Crippen LogP contribution in [-0.4, -0.2) is 6.61 Å². The van der Waals surface area contributed by atoms with Crippen molar-refractivity contribution in [1.82, 2.24) is 0 Å². The summed E-state index contributed by atoms with van der Waals surface area (Å²) in [6, 6.07) is 8.44. The van der Waals surface area contributed by atoms with Gasteiger partial charge in [0.05, 0.1) is 6.61 Å². The van der Waals surface area contributed by atoms with Gasteiger partial charge in [-0.3, -0.25) is 0 Å². The van der Waals surface area contributed by atoms with Crippen molar-refractivity contribution in [2.75, 3.05) is 6.61 Å². The number of unbranched alkanes of at least 4 members (excludes halogenated alkanes) is 6. The molecule has 1 aromatic rings. The number of hydrogen-bond acceptors (Lipinski definition) is 1. The molecule has 102 valence electrons. The van der Waals surface area contributed by atoms with Gasteiger partial charge >= 0.3 is 0 Å². The van der Waals surface area contributed by atoms with E-state index in [0.717, 1.165) is 18.8 Å². The fraction of sp³-hybridized carbons (Fsp3) is 0.647. The molecule has 1 nitrogen and oxygen atoms in total. The number of hydrogen-bond donors (Lipinski definition) is 0. The maximum Gasteiger partial charge on any atom is 0.122 e. The fourth-order valence-electron chi connectivity index (χ4n) is 2.28. The number of ether oxygens (including phenoxy) is 1. The molecule has 18 heavy (non-hydrogen) atoms. The lowest BCUT2D eigenvalue weighted by atomic mass is 10.0. The van der Waals surface area contributed by atoms with E-state index in [-0.39, 0.29) is 0 Å². The lowest BCUT2D eigenvalue weighted by molar-refractivity contribution is 0.336. The molecule has 0 spiro atoms. The van der Waals surface area contributed by atoms with Crippen molar-refractivity contribution in [2.24, 2.45) is 0 Å². The minimum atomic E-state index is 0.758. The summed E-state index contributed by atoms with van der Waals surface area (Å²) in [4.78, 5) is 0. The van der Waals surface area contributed by atoms with Crippen molar-refractivity contribution in [3.8, 4) is 5.75 Å². The number of benzene rings is 1. The Morgan fingerprint density at radius 2 is 1.50 bits per heavy atom. The summed E-state index contributed by atoms with van der Waals surface area (Å²) in [5.41, 5.74) is 1.37. The van der Waals surface area contributed by atoms with Crippen molar-refractivity contribution in [3.63, 3.8) is 0 Å². The van der Waals surface area contributed by atoms with Crippen LogP contribution >= 0.6 is 0 Å². The monoisotopic (exact) mass is 248 g/mol. The van der Waals surface area contributed by atoms with Gasteiger partial charge in [-0.2, -0.15) is 0 Å². The maximum atomic E-state index is 5.65. The molecule has 0 saturated carbocycles. The predicted molar refractivity (Wildman–Crippen MR) is 79.3 cm³/mol. The molecule has 0 bridgehead atoms. The lowest BCUT2D eigenvalue weighted by Gasteiger charge is -2.09. The molecule has 0 heterocycles. The summed E-state index contributed by atoms with van der Waals surface area (Å²) in [7, 11) is 0. The van der Waals surface area contributed by atoms with Crippen molar-refractivity contribution >= 4 is 0 Å². The Bertz CT molecular complexity index is 306. The first-order valence-corrected chi connectivity index (χ1v) is 7.59. The molecule has 0 fully saturated rings. The van der Waals surface area contributed by atoms with Crippen LogP contribution in [0.3, 0.4) is 0 Å². The minimum Gasteiger partial charge on any atom is -0.494 e. The Balaban J connectivity index is 2.18. The molecular formula is C17H28O. The normalized spacial score (nSPS) is 10.6. The SMILES string of the molecule is CCCCCCCCCc1ccccc1OCC. The Morgan fingerprint density at radius 1 is 0.833 bits per heavy atom. The van der Waals surface area contributed by atoms with Gasteiger partial charge in [0.15, 0.2) is 0 Å². The molecule has 1 aromatic carbocycles. The maximum absolute atomic E-state index is 5.65. The van der Waals surface area contributed by atoms with Gasteiger partial charge in [-0.15, -0.1) is 0 Å². The quantitative estimate of drug-likeness (QED) is 0.505. The number of aryl methyl sites for hydroxylation is 1. The van der Waals surface area contributed by atoms with Crippen molar-refractivity contribution in [1.29, 1.82) is 0 Å². The van der Waals surface area contributed by atoms with Crippen LogP contribution in [0.2, 0.25) is 0 Å². The second-order valence-electron chi connectivity index (χ2n) is 4.91. The van der Waals surface area contributed by atoms with Crippen LogP contribution in [0.1, 0.15) is 64.4 Å². The summed E-state index contributed by atoms with van der Waals surface area (Å²) in [6.45, 7) is 5.07. The molecule has 0 saturated heterocycles. The van der Waals surface area contributed by atoms with Gasteiger partial charge in [0.2, 0.25) is 0 Å². The third-order valence-electron chi connectivity index (χ3n) is 3.32. The van der Waals surface area contributed by atoms with E-state index in [9.17, 15) is 0 Å². The summed E-state index contributed by atoms with van der Waals surface area (Å²) in [5, 5.41) is 0. The largest absolute Gasteiger partial charge is 0.494 e. The van der Waals surface area contributed by atoms with E-state index in [0.29, 0.717) is 0 Å². The van der Waals surface area contributed by atoms with Gasteiger partial charge in [-0.05, 0) is 31.4 Å². The highest BCUT2D eigenvalue weighted by molar-refractivity contribution is 5.33. The second-order valence-corrected chi connectivity index (χ2v) is 4.91. The van der Waals surface area contributed by atoms with Crippen LogP contribution in [0.4, 0.5) is 0 Å². The summed E-state index contributed by atoms with van der Waals surface area (Å²) < 4.78 is 5.65. The Hall–Kier alpha value is -0.980. The topological polar surface area (TPSA) is 9.23 Å². The molecule has 0 atom stereocenters. The molecule has 0 aliphatic carbocycles. The van der Waals surface area contributed by atoms with E-state index in [1.807, 2.05) is 6.92 Å². The van der Waals surface area contributed by atoms with Gasteiger partial charge in [0.25, 0.3) is 0 Å². The summed E-state index contributed by atoms with van der Waals surface area (Å²) >= 11 is 0. The first kappa shape index (κ1) is 15.1. The summed E-state index contributed by atoms with van der Waals surface area (Å²) in [6.07, 6.45) is 10.7. The smallest absolute Gasteiger partial charge is 0.122 e. The van der Waals surface area contributed by atoms with Gasteiger partial charge in [-0.25, -0.2) is 0 Å². The molecule has 0 aliphatic rings. The first-order valence-electron chi connectivity index (χ1n) is 7.59. The molecule has 0 amide bonds. The van der Waals surface area contributed by atoms with Crippen LogP contribution in [0.25, 0.3) is 0 Å². The zero-order valence-corrected chi connectivity index (χ0v) is 12.1. The fourth-order valence-corrected chi connectivity index (χ4v) is 2.28. The zero-order valence-electron chi connectivity index (χ0n) is 12.1. The minimum absolute atomic E-state index is 0.758. The Morgan fingerprint density at radius 3 is 2.22 bits per heavy atom. The molecule has 1 heteroatoms. The third-order valence-corrected chi connectivity index (χ3v) is 3.32. The number of para-hydroxylation sites is 1. The number of rotatable bonds is 10. The lowest BCUT2D eigenvalue weighted by Crippen LogP contribution is -1.96. The van der Waals surface area contributed by atoms with Crippen molar-refractivity contribution in [2.45, 2.75) is 65.2 Å². The van der Waals surface area contributed by atoms with Crippen LogP contribution in [0.15, 0.2) is 24.3 Å². The van der Waals surface area contributed by atoms with Gasteiger partial charge in [0, 0.05) is 0 Å². The molecule has 0 aromatic heterocycles. The van der Waals surface area contributed by atoms with Crippen LogP contribution < -0.4 is 4.74 Å². The highest BCUT2D eigenvalue weighted by Gasteiger charge is 2.01. The molecule has 1 rings (SSSR count). The standard InChI is InChI=1S/C17H28O/c1-3-5-6-7-8-9-10-13-16-14-11-12-15-17(16)18-4-2/h11-12,14-15H,3-10,13H2,1-2H3. The van der Waals surface area contributed by atoms with Crippen molar-refractivity contribution in [3.05, 3.63) is 29.8 Å². The average Bonchev–Trinajstić information content (AvgIpc) is 2.40. The van der Waals surface area contributed by atoms with Gasteiger partial charge in [0.1, 0.15) is 5.75 Å². The van der Waals surface area contributed by atoms with E-state index in [1.54, 1.807) is 0 Å². The highest BCUT2D eigenvalue weighted by Crippen LogP contribution is 2.20. The zero-order chi connectivity index (χ0) is 13.1. The predicted octanol–water partition coefficient (Wildman–Crippen LogP) is 5.38. The van der Waals surface area contributed by atoms with E-state index >= 15 is 0 Å². The molecule has 0 N–H and O–H groups in total.